The van der Waals surface area contributed by atoms with E-state index in [-0.39, 0.29) is 18.2 Å². The zero-order valence-electron chi connectivity index (χ0n) is 9.83. The van der Waals surface area contributed by atoms with Crippen molar-refractivity contribution in [2.45, 2.75) is 18.9 Å². The van der Waals surface area contributed by atoms with Crippen LogP contribution in [0, 0.1) is 0 Å². The van der Waals surface area contributed by atoms with Gasteiger partial charge in [-0.1, -0.05) is 0 Å². The number of hydrogen-bond donors (Lipinski definition) is 2. The smallest absolute Gasteiger partial charge is 0.249 e. The molecule has 0 unspecified atom stereocenters. The molecule has 1 fully saturated rings. The summed E-state index contributed by atoms with van der Waals surface area (Å²) in [6.07, 6.45) is 3.67. The first kappa shape index (κ1) is 11.2. The van der Waals surface area contributed by atoms with Gasteiger partial charge in [-0.15, -0.1) is 0 Å². The quantitative estimate of drug-likeness (QED) is 0.795. The van der Waals surface area contributed by atoms with Gasteiger partial charge in [-0.3, -0.25) is 4.79 Å². The minimum atomic E-state index is -0.174. The molecule has 1 saturated heterocycles. The van der Waals surface area contributed by atoms with Gasteiger partial charge in [0.05, 0.1) is 12.6 Å². The fourth-order valence-corrected chi connectivity index (χ4v) is 2.35. The van der Waals surface area contributed by atoms with E-state index in [2.05, 4.69) is 15.0 Å². The Morgan fingerprint density at radius 1 is 1.50 bits per heavy atom. The SMILES string of the molecule is O=c1ccc2cnc(N3CCC[C@H]3CO)nc2[nH]1. The first-order valence-electron chi connectivity index (χ1n) is 6.01. The molecule has 3 rings (SSSR count). The number of rotatable bonds is 2. The molecule has 2 aromatic heterocycles. The number of hydrogen-bond acceptors (Lipinski definition) is 5. The Bertz CT molecular complexity index is 625. The highest BCUT2D eigenvalue weighted by molar-refractivity contribution is 5.74. The molecule has 1 aliphatic rings. The number of aromatic nitrogens is 3. The molecule has 0 saturated carbocycles. The van der Waals surface area contributed by atoms with Crippen LogP contribution in [0.25, 0.3) is 11.0 Å². The Morgan fingerprint density at radius 3 is 3.22 bits per heavy atom. The zero-order chi connectivity index (χ0) is 12.5. The van der Waals surface area contributed by atoms with Crippen molar-refractivity contribution < 1.29 is 5.11 Å². The normalized spacial score (nSPS) is 19.6. The van der Waals surface area contributed by atoms with E-state index >= 15 is 0 Å². The minimum absolute atomic E-state index is 0.0814. The average Bonchev–Trinajstić information content (AvgIpc) is 2.86. The van der Waals surface area contributed by atoms with Crippen molar-refractivity contribution in [3.8, 4) is 0 Å². The number of aromatic amines is 1. The molecule has 6 heteroatoms. The maximum atomic E-state index is 11.3. The molecule has 0 aromatic carbocycles. The fourth-order valence-electron chi connectivity index (χ4n) is 2.35. The second-order valence-electron chi connectivity index (χ2n) is 4.47. The molecule has 1 atom stereocenters. The van der Waals surface area contributed by atoms with E-state index in [9.17, 15) is 9.90 Å². The number of fused-ring (bicyclic) bond motifs is 1. The first-order valence-corrected chi connectivity index (χ1v) is 6.01. The second-order valence-corrected chi connectivity index (χ2v) is 4.47. The highest BCUT2D eigenvalue weighted by Crippen LogP contribution is 2.22. The average molecular weight is 246 g/mol. The second kappa shape index (κ2) is 4.38. The van der Waals surface area contributed by atoms with Crippen molar-refractivity contribution >= 4 is 17.0 Å². The number of nitrogens with zero attached hydrogens (tertiary/aromatic N) is 3. The van der Waals surface area contributed by atoms with Gasteiger partial charge in [-0.05, 0) is 18.9 Å². The Kier molecular flexibility index (Phi) is 2.71. The predicted molar refractivity (Wildman–Crippen MR) is 67.6 cm³/mol. The van der Waals surface area contributed by atoms with Crippen LogP contribution in [0.5, 0.6) is 0 Å². The van der Waals surface area contributed by atoms with Crippen LogP contribution in [-0.4, -0.2) is 39.3 Å². The molecular weight excluding hydrogens is 232 g/mol. The van der Waals surface area contributed by atoms with Crippen LogP contribution < -0.4 is 10.5 Å². The van der Waals surface area contributed by atoms with Gasteiger partial charge in [-0.25, -0.2) is 4.98 Å². The molecule has 3 heterocycles. The van der Waals surface area contributed by atoms with Crippen molar-refractivity contribution in [2.24, 2.45) is 0 Å². The summed E-state index contributed by atoms with van der Waals surface area (Å²) < 4.78 is 0. The molecule has 2 N–H and O–H groups in total. The monoisotopic (exact) mass is 246 g/mol. The summed E-state index contributed by atoms with van der Waals surface area (Å²) in [6, 6.07) is 3.24. The van der Waals surface area contributed by atoms with Crippen LogP contribution in [0.3, 0.4) is 0 Å². The molecule has 94 valence electrons. The molecule has 0 bridgehead atoms. The summed E-state index contributed by atoms with van der Waals surface area (Å²) in [4.78, 5) is 24.6. The highest BCUT2D eigenvalue weighted by Gasteiger charge is 2.25. The van der Waals surface area contributed by atoms with Crippen LogP contribution in [-0.2, 0) is 0 Å². The number of pyridine rings is 1. The predicted octanol–water partition coefficient (Wildman–Crippen LogP) is 0.279. The lowest BCUT2D eigenvalue weighted by Gasteiger charge is -2.22. The van der Waals surface area contributed by atoms with Crippen LogP contribution in [0.2, 0.25) is 0 Å². The summed E-state index contributed by atoms with van der Waals surface area (Å²) in [5.41, 5.74) is 0.364. The Hall–Kier alpha value is -1.95. The lowest BCUT2D eigenvalue weighted by molar-refractivity contribution is 0.265. The van der Waals surface area contributed by atoms with Crippen molar-refractivity contribution in [2.75, 3.05) is 18.1 Å². The van der Waals surface area contributed by atoms with Crippen LogP contribution in [0.15, 0.2) is 23.1 Å². The molecule has 2 aromatic rings. The first-order chi connectivity index (χ1) is 8.78. The number of nitrogens with one attached hydrogen (secondary N) is 1. The maximum Gasteiger partial charge on any atom is 0.249 e. The molecule has 0 amide bonds. The van der Waals surface area contributed by atoms with Gasteiger partial charge >= 0.3 is 0 Å². The largest absolute Gasteiger partial charge is 0.394 e. The van der Waals surface area contributed by atoms with E-state index in [0.29, 0.717) is 11.6 Å². The van der Waals surface area contributed by atoms with E-state index in [1.54, 1.807) is 12.3 Å². The van der Waals surface area contributed by atoms with Crippen molar-refractivity contribution in [3.05, 3.63) is 28.7 Å². The van der Waals surface area contributed by atoms with E-state index < -0.39 is 0 Å². The standard InChI is InChI=1S/C12H14N4O2/c17-7-9-2-1-5-16(9)12-13-6-8-3-4-10(18)14-11(8)15-12/h3-4,6,9,17H,1-2,5,7H2,(H,13,14,15,18)/t9-/m0/s1. The topological polar surface area (TPSA) is 82.1 Å². The number of aliphatic hydroxyl groups excluding tert-OH is 1. The van der Waals surface area contributed by atoms with Crippen molar-refractivity contribution in [1.82, 2.24) is 15.0 Å². The van der Waals surface area contributed by atoms with Crippen LogP contribution >= 0.6 is 0 Å². The summed E-state index contributed by atoms with van der Waals surface area (Å²) >= 11 is 0. The third-order valence-corrected chi connectivity index (χ3v) is 3.30. The van der Waals surface area contributed by atoms with Gasteiger partial charge in [0, 0.05) is 24.2 Å². The van der Waals surface area contributed by atoms with Gasteiger partial charge in [0.2, 0.25) is 11.5 Å². The minimum Gasteiger partial charge on any atom is -0.394 e. The van der Waals surface area contributed by atoms with E-state index in [4.69, 9.17) is 0 Å². The van der Waals surface area contributed by atoms with E-state index in [1.165, 1.54) is 6.07 Å². The fraction of sp³-hybridized carbons (Fsp3) is 0.417. The summed E-state index contributed by atoms with van der Waals surface area (Å²) in [6.45, 7) is 0.945. The molecular formula is C12H14N4O2. The zero-order valence-corrected chi connectivity index (χ0v) is 9.83. The summed E-state index contributed by atoms with van der Waals surface area (Å²) in [5, 5.41) is 10.1. The molecule has 18 heavy (non-hydrogen) atoms. The lowest BCUT2D eigenvalue weighted by atomic mass is 10.2. The van der Waals surface area contributed by atoms with E-state index in [1.807, 2.05) is 4.90 Å². The number of anilines is 1. The Morgan fingerprint density at radius 2 is 2.39 bits per heavy atom. The highest BCUT2D eigenvalue weighted by atomic mass is 16.3. The number of H-pyrrole nitrogens is 1. The van der Waals surface area contributed by atoms with Crippen molar-refractivity contribution in [3.63, 3.8) is 0 Å². The number of aliphatic hydroxyl groups is 1. The van der Waals surface area contributed by atoms with Gasteiger partial charge in [0.1, 0.15) is 5.65 Å². The molecule has 0 radical (unpaired) electrons. The molecule has 1 aliphatic heterocycles. The van der Waals surface area contributed by atoms with Crippen LogP contribution in [0.4, 0.5) is 5.95 Å². The van der Waals surface area contributed by atoms with Gasteiger partial charge in [0.25, 0.3) is 0 Å². The Labute approximate surface area is 103 Å². The summed E-state index contributed by atoms with van der Waals surface area (Å²) in [5.74, 6) is 0.570. The van der Waals surface area contributed by atoms with Gasteiger partial charge in [0.15, 0.2) is 0 Å². The third kappa shape index (κ3) is 1.84. The van der Waals surface area contributed by atoms with Crippen LogP contribution in [0.1, 0.15) is 12.8 Å². The maximum absolute atomic E-state index is 11.3. The molecule has 6 nitrogen and oxygen atoms in total. The lowest BCUT2D eigenvalue weighted by Crippen LogP contribution is -2.33. The third-order valence-electron chi connectivity index (χ3n) is 3.30. The Balaban J connectivity index is 2.04. The molecule has 0 spiro atoms. The molecule has 0 aliphatic carbocycles. The van der Waals surface area contributed by atoms with Gasteiger partial charge < -0.3 is 15.0 Å². The van der Waals surface area contributed by atoms with Crippen molar-refractivity contribution in [1.29, 1.82) is 0 Å². The van der Waals surface area contributed by atoms with E-state index in [0.717, 1.165) is 24.8 Å². The van der Waals surface area contributed by atoms with Gasteiger partial charge in [-0.2, -0.15) is 4.98 Å². The summed E-state index contributed by atoms with van der Waals surface area (Å²) in [7, 11) is 0.